The lowest BCUT2D eigenvalue weighted by molar-refractivity contribution is 0.0685. The van der Waals surface area contributed by atoms with Crippen molar-refractivity contribution in [1.29, 1.82) is 0 Å². The van der Waals surface area contributed by atoms with E-state index in [1.54, 1.807) is 4.90 Å². The molecule has 3 aromatic rings. The normalized spacial score (nSPS) is 19.7. The first-order valence-corrected chi connectivity index (χ1v) is 9.82. The van der Waals surface area contributed by atoms with E-state index in [0.29, 0.717) is 0 Å². The molecule has 1 amide bonds. The topological polar surface area (TPSA) is 44.8 Å². The van der Waals surface area contributed by atoms with Crippen molar-refractivity contribution < 1.29 is 9.53 Å². The number of nitrogens with one attached hydrogen (secondary N) is 1. The van der Waals surface area contributed by atoms with Crippen molar-refractivity contribution in [2.75, 3.05) is 21.8 Å². The van der Waals surface area contributed by atoms with Gasteiger partial charge in [0.2, 0.25) is 0 Å². The molecule has 1 fully saturated rings. The molecule has 0 bridgehead atoms. The molecule has 5 rings (SSSR count). The fourth-order valence-corrected chi connectivity index (χ4v) is 4.32. The molecular formula is C24H23N3O2. The summed E-state index contributed by atoms with van der Waals surface area (Å²) in [7, 11) is 0. The van der Waals surface area contributed by atoms with E-state index in [1.807, 2.05) is 68.4 Å². The molecule has 2 aliphatic heterocycles. The number of para-hydroxylation sites is 2. The molecule has 1 atom stereocenters. The number of fused-ring (bicyclic) bond motifs is 1. The Morgan fingerprint density at radius 3 is 2.31 bits per heavy atom. The van der Waals surface area contributed by atoms with Crippen LogP contribution in [-0.2, 0) is 4.74 Å². The minimum Gasteiger partial charge on any atom is -0.441 e. The van der Waals surface area contributed by atoms with Gasteiger partial charge in [-0.15, -0.1) is 0 Å². The number of hydrogen-bond donors (Lipinski definition) is 1. The van der Waals surface area contributed by atoms with E-state index in [4.69, 9.17) is 4.74 Å². The molecule has 1 unspecified atom stereocenters. The predicted octanol–water partition coefficient (Wildman–Crippen LogP) is 5.68. The zero-order chi connectivity index (χ0) is 20.0. The van der Waals surface area contributed by atoms with Crippen LogP contribution in [0.1, 0.15) is 25.5 Å². The van der Waals surface area contributed by atoms with Crippen LogP contribution in [0.15, 0.2) is 78.9 Å². The summed E-state index contributed by atoms with van der Waals surface area (Å²) in [6.45, 7) is 4.65. The number of cyclic esters (lactones) is 1. The molecule has 0 saturated carbocycles. The van der Waals surface area contributed by atoms with Crippen LogP contribution < -0.4 is 15.1 Å². The van der Waals surface area contributed by atoms with Crippen LogP contribution in [0.25, 0.3) is 0 Å². The Balaban J connectivity index is 1.48. The van der Waals surface area contributed by atoms with E-state index in [2.05, 4.69) is 34.5 Å². The summed E-state index contributed by atoms with van der Waals surface area (Å²) >= 11 is 0. The fraction of sp³-hybridized carbons (Fsp3) is 0.208. The first-order chi connectivity index (χ1) is 14.0. The van der Waals surface area contributed by atoms with Gasteiger partial charge in [0.1, 0.15) is 11.6 Å². The number of carbonyl (C=O) groups is 1. The maximum absolute atomic E-state index is 12.8. The largest absolute Gasteiger partial charge is 0.441 e. The number of nitrogens with zero attached hydrogens (tertiary/aromatic N) is 2. The Morgan fingerprint density at radius 1 is 0.897 bits per heavy atom. The second kappa shape index (κ2) is 6.55. The Morgan fingerprint density at radius 2 is 1.55 bits per heavy atom. The summed E-state index contributed by atoms with van der Waals surface area (Å²) in [6, 6.07) is 26.2. The highest BCUT2D eigenvalue weighted by Gasteiger charge is 2.49. The maximum atomic E-state index is 12.8. The van der Waals surface area contributed by atoms with Crippen LogP contribution >= 0.6 is 0 Å². The van der Waals surface area contributed by atoms with Crippen molar-refractivity contribution >= 4 is 28.8 Å². The number of ether oxygens (including phenoxy) is 1. The SMILES string of the molecule is CC1(C)OC(=O)N(c2ccc(N3CNc4ccccc43)cc2)C1c1ccccc1. The first kappa shape index (κ1) is 17.6. The lowest BCUT2D eigenvalue weighted by atomic mass is 9.91. The zero-order valence-corrected chi connectivity index (χ0v) is 16.5. The maximum Gasteiger partial charge on any atom is 0.415 e. The molecule has 2 aliphatic rings. The molecular weight excluding hydrogens is 362 g/mol. The third kappa shape index (κ3) is 2.90. The summed E-state index contributed by atoms with van der Waals surface area (Å²) in [5.74, 6) is 0. The highest BCUT2D eigenvalue weighted by Crippen LogP contribution is 2.44. The van der Waals surface area contributed by atoms with Crippen molar-refractivity contribution in [3.8, 4) is 0 Å². The molecule has 0 spiro atoms. The van der Waals surface area contributed by atoms with Gasteiger partial charge in [0.05, 0.1) is 18.0 Å². The van der Waals surface area contributed by atoms with Crippen molar-refractivity contribution in [2.45, 2.75) is 25.5 Å². The molecule has 0 aromatic heterocycles. The highest BCUT2D eigenvalue weighted by atomic mass is 16.6. The van der Waals surface area contributed by atoms with Crippen LogP contribution in [0.4, 0.5) is 27.5 Å². The number of carbonyl (C=O) groups excluding carboxylic acids is 1. The van der Waals surface area contributed by atoms with Gasteiger partial charge >= 0.3 is 6.09 Å². The average molecular weight is 385 g/mol. The van der Waals surface area contributed by atoms with Crippen molar-refractivity contribution in [3.63, 3.8) is 0 Å². The average Bonchev–Trinajstić information content (AvgIpc) is 3.26. The number of anilines is 4. The van der Waals surface area contributed by atoms with Crippen LogP contribution in [0, 0.1) is 0 Å². The van der Waals surface area contributed by atoms with E-state index < -0.39 is 5.60 Å². The number of benzene rings is 3. The van der Waals surface area contributed by atoms with Gasteiger partial charge in [-0.05, 0) is 55.8 Å². The zero-order valence-electron chi connectivity index (χ0n) is 16.5. The molecule has 1 N–H and O–H groups in total. The van der Waals surface area contributed by atoms with Crippen LogP contribution in [0.3, 0.4) is 0 Å². The monoisotopic (exact) mass is 385 g/mol. The molecule has 0 aliphatic carbocycles. The molecule has 29 heavy (non-hydrogen) atoms. The van der Waals surface area contributed by atoms with Crippen molar-refractivity contribution in [1.82, 2.24) is 0 Å². The second-order valence-electron chi connectivity index (χ2n) is 7.95. The molecule has 2 heterocycles. The third-order valence-electron chi connectivity index (χ3n) is 5.64. The Bertz CT molecular complexity index is 1050. The summed E-state index contributed by atoms with van der Waals surface area (Å²) in [4.78, 5) is 16.7. The standard InChI is InChI=1S/C24H23N3O2/c1-24(2)22(17-8-4-3-5-9-17)27(23(28)29-24)19-14-12-18(13-15-19)26-16-25-20-10-6-7-11-21(20)26/h3-15,22,25H,16H2,1-2H3. The van der Waals surface area contributed by atoms with Crippen molar-refractivity contribution in [3.05, 3.63) is 84.4 Å². The second-order valence-corrected chi connectivity index (χ2v) is 7.95. The quantitative estimate of drug-likeness (QED) is 0.630. The van der Waals surface area contributed by atoms with E-state index in [0.717, 1.165) is 35.0 Å². The smallest absolute Gasteiger partial charge is 0.415 e. The Kier molecular flexibility index (Phi) is 3.98. The molecule has 146 valence electrons. The van der Waals surface area contributed by atoms with E-state index in [9.17, 15) is 4.79 Å². The van der Waals surface area contributed by atoms with E-state index >= 15 is 0 Å². The highest BCUT2D eigenvalue weighted by molar-refractivity contribution is 5.92. The molecule has 0 radical (unpaired) electrons. The van der Waals surface area contributed by atoms with Gasteiger partial charge in [-0.2, -0.15) is 0 Å². The summed E-state index contributed by atoms with van der Waals surface area (Å²) < 4.78 is 5.73. The predicted molar refractivity (Wildman–Crippen MR) is 116 cm³/mol. The van der Waals surface area contributed by atoms with Crippen LogP contribution in [-0.4, -0.2) is 18.4 Å². The van der Waals surface area contributed by atoms with Gasteiger partial charge in [0.25, 0.3) is 0 Å². The minimum absolute atomic E-state index is 0.184. The number of rotatable bonds is 3. The lowest BCUT2D eigenvalue weighted by Crippen LogP contribution is -2.33. The number of hydrogen-bond acceptors (Lipinski definition) is 4. The third-order valence-corrected chi connectivity index (χ3v) is 5.64. The van der Waals surface area contributed by atoms with Gasteiger partial charge in [-0.25, -0.2) is 4.79 Å². The summed E-state index contributed by atoms with van der Waals surface area (Å²) in [6.07, 6.45) is -0.315. The van der Waals surface area contributed by atoms with Crippen LogP contribution in [0.2, 0.25) is 0 Å². The van der Waals surface area contributed by atoms with E-state index in [1.165, 1.54) is 0 Å². The van der Waals surface area contributed by atoms with Gasteiger partial charge in [0.15, 0.2) is 0 Å². The molecule has 1 saturated heterocycles. The lowest BCUT2D eigenvalue weighted by Gasteiger charge is -2.29. The molecule has 3 aromatic carbocycles. The molecule has 5 heteroatoms. The minimum atomic E-state index is -0.616. The Hall–Kier alpha value is -3.47. The Labute approximate surface area is 170 Å². The summed E-state index contributed by atoms with van der Waals surface area (Å²) in [5, 5.41) is 3.41. The van der Waals surface area contributed by atoms with Gasteiger partial charge in [0, 0.05) is 11.4 Å². The fourth-order valence-electron chi connectivity index (χ4n) is 4.32. The first-order valence-electron chi connectivity index (χ1n) is 9.82. The van der Waals surface area contributed by atoms with Gasteiger partial charge in [-0.3, -0.25) is 4.90 Å². The van der Waals surface area contributed by atoms with Crippen molar-refractivity contribution in [2.24, 2.45) is 0 Å². The van der Waals surface area contributed by atoms with Gasteiger partial charge in [-0.1, -0.05) is 42.5 Å². The molecule has 5 nitrogen and oxygen atoms in total. The summed E-state index contributed by atoms with van der Waals surface area (Å²) in [5.41, 5.74) is 4.64. The number of amides is 1. The van der Waals surface area contributed by atoms with Crippen LogP contribution in [0.5, 0.6) is 0 Å². The van der Waals surface area contributed by atoms with E-state index in [-0.39, 0.29) is 12.1 Å². The van der Waals surface area contributed by atoms with Gasteiger partial charge < -0.3 is 15.0 Å².